The van der Waals surface area contributed by atoms with E-state index in [0.717, 1.165) is 36.0 Å². The Balaban J connectivity index is 0.000000222. The van der Waals surface area contributed by atoms with Gasteiger partial charge in [0.2, 0.25) is 0 Å². The van der Waals surface area contributed by atoms with Gasteiger partial charge in [-0.3, -0.25) is 19.3 Å². The van der Waals surface area contributed by atoms with Crippen molar-refractivity contribution in [2.45, 2.75) is 96.7 Å². The van der Waals surface area contributed by atoms with Crippen molar-refractivity contribution in [2.24, 2.45) is 5.90 Å². The van der Waals surface area contributed by atoms with E-state index in [2.05, 4.69) is 16.2 Å². The normalized spacial score (nSPS) is 20.0. The number of nitrogens with one attached hydrogen (secondary N) is 1. The average Bonchev–Trinajstić information content (AvgIpc) is 3.64. The molecule has 4 heterocycles. The zero-order valence-electron chi connectivity index (χ0n) is 33.6. The second-order valence-electron chi connectivity index (χ2n) is 14.0. The minimum Gasteiger partial charge on any atom is -0.425 e. The summed E-state index contributed by atoms with van der Waals surface area (Å²) >= 11 is -0.750. The molecule has 3 aromatic rings. The van der Waals surface area contributed by atoms with E-state index in [1.807, 2.05) is 93.6 Å². The number of rotatable bonds is 14. The molecule has 0 aliphatic carbocycles. The lowest BCUT2D eigenvalue weighted by Gasteiger charge is -2.28. The van der Waals surface area contributed by atoms with Crippen molar-refractivity contribution in [1.82, 2.24) is 25.4 Å². The van der Waals surface area contributed by atoms with Crippen LogP contribution in [0.3, 0.4) is 0 Å². The van der Waals surface area contributed by atoms with Crippen molar-refractivity contribution >= 4 is 35.5 Å². The lowest BCUT2D eigenvalue weighted by atomic mass is 10.0. The Labute approximate surface area is 348 Å². The first-order valence-electron chi connectivity index (χ1n) is 19.6. The summed E-state index contributed by atoms with van der Waals surface area (Å²) in [6.45, 7) is 8.74. The number of ether oxygens (including phenoxy) is 1. The number of hydroxylamine groups is 5. The molecule has 4 atom stereocenters. The Morgan fingerprint density at radius 1 is 0.712 bits per heavy atom. The molecule has 4 aliphatic rings. The number of carbonyl (C=O) groups is 4. The molecule has 3 aromatic carbocycles. The monoisotopic (exact) mass is 838 g/mol. The van der Waals surface area contributed by atoms with E-state index in [1.54, 1.807) is 21.9 Å². The molecule has 4 saturated heterocycles. The van der Waals surface area contributed by atoms with Gasteiger partial charge in [-0.25, -0.2) is 25.8 Å². The van der Waals surface area contributed by atoms with E-state index in [1.165, 1.54) is 10.1 Å². The molecular weight excluding hydrogens is 785 g/mol. The number of hydrogen-bond donors (Lipinski definition) is 2. The maximum atomic E-state index is 12.7. The summed E-state index contributed by atoms with van der Waals surface area (Å²) in [7, 11) is 0. The highest BCUT2D eigenvalue weighted by Gasteiger charge is 2.49. The molecule has 59 heavy (non-hydrogen) atoms. The molecule has 4 bridgehead atoms. The smallest absolute Gasteiger partial charge is 0.345 e. The first-order chi connectivity index (χ1) is 28.6. The third-order valence-corrected chi connectivity index (χ3v) is 9.69. The Morgan fingerprint density at radius 2 is 1.19 bits per heavy atom. The van der Waals surface area contributed by atoms with E-state index in [-0.39, 0.29) is 30.1 Å². The number of urea groups is 2. The molecule has 4 fully saturated rings. The van der Waals surface area contributed by atoms with E-state index in [0.29, 0.717) is 64.5 Å². The summed E-state index contributed by atoms with van der Waals surface area (Å²) in [4.78, 5) is 74.0. The number of piperidine rings is 2. The van der Waals surface area contributed by atoms with Gasteiger partial charge in [0.15, 0.2) is 0 Å². The van der Waals surface area contributed by atoms with Crippen molar-refractivity contribution in [3.05, 3.63) is 102 Å². The van der Waals surface area contributed by atoms with Crippen LogP contribution in [0.15, 0.2) is 84.9 Å². The fraction of sp³-hybridized carbons (Fsp3) is 0.463. The molecule has 0 radical (unpaired) electrons. The maximum Gasteiger partial charge on any atom is 0.345 e. The molecule has 5 amide bonds. The summed E-state index contributed by atoms with van der Waals surface area (Å²) in [6, 6.07) is 25.1. The van der Waals surface area contributed by atoms with Crippen molar-refractivity contribution in [1.29, 1.82) is 0 Å². The quantitative estimate of drug-likeness (QED) is 0.0978. The third-order valence-electron chi connectivity index (χ3n) is 9.69. The van der Waals surface area contributed by atoms with Gasteiger partial charge in [-0.2, -0.15) is 18.5 Å². The summed E-state index contributed by atoms with van der Waals surface area (Å²) in [5.74, 6) is 4.48. The van der Waals surface area contributed by atoms with Crippen LogP contribution >= 0.6 is 0 Å². The number of fused-ring (bicyclic) bond motifs is 4. The number of aryl methyl sites for hydroxylation is 1. The van der Waals surface area contributed by atoms with Gasteiger partial charge >= 0.3 is 29.6 Å². The molecule has 0 saturated carbocycles. The lowest BCUT2D eigenvalue weighted by Crippen LogP contribution is -2.49. The number of carbonyl (C=O) groups excluding carboxylic acids is 4. The third kappa shape index (κ3) is 13.7. The fourth-order valence-electron chi connectivity index (χ4n) is 6.75. The molecule has 3 N–H and O–H groups in total. The van der Waals surface area contributed by atoms with Crippen molar-refractivity contribution in [3.63, 3.8) is 0 Å². The van der Waals surface area contributed by atoms with Gasteiger partial charge in [-0.15, -0.1) is 0 Å². The number of amides is 5. The standard InChI is InChI=1S/C21H22N2O4.C17H23N3O4.C3H9NO.O2S/c1-15-7-10-18(11-8-15)27-20(24)19-12-9-17-13-22(19)21(25)23(17)26-14-16-5-3-2-4-6-16;1-2-10-23-18-16(21)15-9-8-14-11-19(15)17(22)20(14)24-12-13-6-4-3-5-7-13;1-2-3-5-4;1-3-2/h2-8,10-11,17,19H,9,12-14H2,1H3;3-7,14-15H,2,8-12H2,1H3,(H,18,21);2-4H2,1H3;/t17-,19+;14-,15+;;/m11../s1. The first kappa shape index (κ1) is 46.4. The Morgan fingerprint density at radius 3 is 1.64 bits per heavy atom. The van der Waals surface area contributed by atoms with Crippen molar-refractivity contribution in [2.75, 3.05) is 26.3 Å². The minimum absolute atomic E-state index is 0.00169. The lowest BCUT2D eigenvalue weighted by molar-refractivity contribution is -0.141. The van der Waals surface area contributed by atoms with E-state index in [9.17, 15) is 19.2 Å². The predicted molar refractivity (Wildman–Crippen MR) is 215 cm³/mol. The number of benzene rings is 3. The van der Waals surface area contributed by atoms with Crippen LogP contribution in [-0.2, 0) is 53.7 Å². The van der Waals surface area contributed by atoms with Crippen LogP contribution in [0.25, 0.3) is 0 Å². The Bertz CT molecular complexity index is 1800. The van der Waals surface area contributed by atoms with E-state index < -0.39 is 29.6 Å². The van der Waals surface area contributed by atoms with Crippen LogP contribution in [0.4, 0.5) is 9.59 Å². The average molecular weight is 839 g/mol. The van der Waals surface area contributed by atoms with Crippen molar-refractivity contribution in [3.8, 4) is 5.75 Å². The number of nitrogens with two attached hydrogens (primary N) is 1. The minimum atomic E-state index is -0.750. The summed E-state index contributed by atoms with van der Waals surface area (Å²) in [6.07, 6.45) is 4.45. The molecular formula is C41H54N6O11S. The predicted octanol–water partition coefficient (Wildman–Crippen LogP) is 4.76. The number of esters is 1. The fourth-order valence-corrected chi connectivity index (χ4v) is 6.75. The maximum absolute atomic E-state index is 12.7. The second-order valence-corrected chi connectivity index (χ2v) is 14.2. The number of hydrogen-bond acceptors (Lipinski definition) is 12. The zero-order valence-corrected chi connectivity index (χ0v) is 34.5. The van der Waals surface area contributed by atoms with Gasteiger partial charge < -0.3 is 19.4 Å². The highest BCUT2D eigenvalue weighted by Crippen LogP contribution is 2.32. The van der Waals surface area contributed by atoms with Crippen LogP contribution in [-0.4, -0.2) is 103 Å². The van der Waals surface area contributed by atoms with Crippen molar-refractivity contribution < 1.29 is 51.7 Å². The Hall–Kier alpha value is -5.24. The number of nitrogens with zero attached hydrogens (tertiary/aromatic N) is 4. The van der Waals surface area contributed by atoms with Gasteiger partial charge in [0.1, 0.15) is 31.0 Å². The summed E-state index contributed by atoms with van der Waals surface area (Å²) < 4.78 is 22.1. The molecule has 0 unspecified atom stereocenters. The van der Waals surface area contributed by atoms with Crippen LogP contribution in [0.2, 0.25) is 0 Å². The van der Waals surface area contributed by atoms with Crippen LogP contribution in [0.1, 0.15) is 69.1 Å². The molecule has 0 spiro atoms. The molecule has 17 nitrogen and oxygen atoms in total. The Kier molecular flexibility index (Phi) is 19.4. The summed E-state index contributed by atoms with van der Waals surface area (Å²) in [5, 5.41) is 2.85. The van der Waals surface area contributed by atoms with Gasteiger partial charge in [-0.05, 0) is 68.7 Å². The first-order valence-corrected chi connectivity index (χ1v) is 20.3. The highest BCUT2D eigenvalue weighted by molar-refractivity contribution is 7.51. The van der Waals surface area contributed by atoms with E-state index in [4.69, 9.17) is 27.7 Å². The molecule has 4 aliphatic heterocycles. The highest BCUT2D eigenvalue weighted by atomic mass is 32.1. The van der Waals surface area contributed by atoms with Crippen LogP contribution in [0, 0.1) is 6.92 Å². The zero-order chi connectivity index (χ0) is 42.6. The molecule has 0 aromatic heterocycles. The van der Waals surface area contributed by atoms with Crippen LogP contribution in [0.5, 0.6) is 5.75 Å². The second kappa shape index (κ2) is 24.6. The summed E-state index contributed by atoms with van der Waals surface area (Å²) in [5.41, 5.74) is 5.53. The van der Waals surface area contributed by atoms with Gasteiger partial charge in [0, 0.05) is 13.1 Å². The SMILES string of the molecule is CCCON.CCCONC(=O)[C@@H]1CC[C@@H]2CN1C(=O)N2OCc1ccccc1.Cc1ccc(OC(=O)[C@@H]2CC[C@@H]3CN2C(=O)N3OCc2ccccc2)cc1.O=S=O. The topological polar surface area (TPSA) is 200 Å². The molecule has 7 rings (SSSR count). The van der Waals surface area contributed by atoms with Gasteiger partial charge in [-0.1, -0.05) is 92.2 Å². The molecule has 18 heteroatoms. The van der Waals surface area contributed by atoms with Gasteiger partial charge in [0.25, 0.3) is 5.91 Å². The van der Waals surface area contributed by atoms with Gasteiger partial charge in [0.05, 0.1) is 25.3 Å². The largest absolute Gasteiger partial charge is 0.425 e. The van der Waals surface area contributed by atoms with E-state index >= 15 is 0 Å². The van der Waals surface area contributed by atoms with Crippen LogP contribution < -0.4 is 16.1 Å². The molecule has 320 valence electrons.